The highest BCUT2D eigenvalue weighted by atomic mass is 16.5. The van der Waals surface area contributed by atoms with Crippen molar-refractivity contribution < 1.29 is 19.1 Å². The smallest absolute Gasteiger partial charge is 0.305 e. The first kappa shape index (κ1) is 14.3. The van der Waals surface area contributed by atoms with E-state index >= 15 is 0 Å². The number of hydrogen-bond acceptors (Lipinski definition) is 4. The zero-order chi connectivity index (χ0) is 14.7. The van der Waals surface area contributed by atoms with Gasteiger partial charge in [0.1, 0.15) is 18.5 Å². The highest BCUT2D eigenvalue weighted by molar-refractivity contribution is 5.94. The number of fused-ring (bicyclic) bond motifs is 1. The number of hydrogen-bond donors (Lipinski definition) is 0. The van der Waals surface area contributed by atoms with Crippen molar-refractivity contribution in [3.63, 3.8) is 0 Å². The van der Waals surface area contributed by atoms with Crippen LogP contribution in [0.15, 0.2) is 30.4 Å². The van der Waals surface area contributed by atoms with Gasteiger partial charge in [-0.1, -0.05) is 13.5 Å². The summed E-state index contributed by atoms with van der Waals surface area (Å²) in [6.45, 7) is 7.37. The van der Waals surface area contributed by atoms with E-state index in [2.05, 4.69) is 6.58 Å². The average Bonchev–Trinajstić information content (AvgIpc) is 2.87. The fourth-order valence-corrected chi connectivity index (χ4v) is 2.06. The number of carbonyl (C=O) groups excluding carboxylic acids is 2. The van der Waals surface area contributed by atoms with Crippen molar-refractivity contribution in [2.75, 3.05) is 6.61 Å². The van der Waals surface area contributed by atoms with Crippen LogP contribution in [0.3, 0.4) is 0 Å². The second-order valence-electron chi connectivity index (χ2n) is 4.86. The normalized spacial score (nSPS) is 16.2. The Kier molecular flexibility index (Phi) is 4.23. The molecule has 0 unspecified atom stereocenters. The van der Waals surface area contributed by atoms with Gasteiger partial charge < -0.3 is 9.47 Å². The largest absolute Gasteiger partial charge is 0.485 e. The summed E-state index contributed by atoms with van der Waals surface area (Å²) in [7, 11) is 0. The van der Waals surface area contributed by atoms with E-state index in [9.17, 15) is 9.59 Å². The Balaban J connectivity index is 2.00. The molecule has 1 atom stereocenters. The molecule has 0 aliphatic carbocycles. The Morgan fingerprint density at radius 2 is 2.20 bits per heavy atom. The van der Waals surface area contributed by atoms with Crippen LogP contribution in [-0.2, 0) is 16.0 Å². The molecular formula is C16H18O4. The monoisotopic (exact) mass is 274 g/mol. The fourth-order valence-electron chi connectivity index (χ4n) is 2.06. The summed E-state index contributed by atoms with van der Waals surface area (Å²) in [5.41, 5.74) is 2.40. The number of carbonyl (C=O) groups is 2. The molecule has 0 amide bonds. The summed E-state index contributed by atoms with van der Waals surface area (Å²) in [6, 6.07) is 5.41. The van der Waals surface area contributed by atoms with E-state index in [4.69, 9.17) is 9.47 Å². The van der Waals surface area contributed by atoms with Gasteiger partial charge in [-0.25, -0.2) is 0 Å². The lowest BCUT2D eigenvalue weighted by Gasteiger charge is -2.13. The zero-order valence-electron chi connectivity index (χ0n) is 11.8. The third-order valence-electron chi connectivity index (χ3n) is 3.30. The summed E-state index contributed by atoms with van der Waals surface area (Å²) >= 11 is 0. The third kappa shape index (κ3) is 3.07. The van der Waals surface area contributed by atoms with Crippen LogP contribution in [0.1, 0.15) is 36.2 Å². The molecule has 106 valence electrons. The number of rotatable bonds is 5. The summed E-state index contributed by atoms with van der Waals surface area (Å²) in [6.07, 6.45) is 0.803. The molecule has 0 radical (unpaired) electrons. The van der Waals surface area contributed by atoms with Crippen molar-refractivity contribution in [2.45, 2.75) is 32.8 Å². The molecule has 0 fully saturated rings. The van der Waals surface area contributed by atoms with E-state index in [0.29, 0.717) is 18.4 Å². The quantitative estimate of drug-likeness (QED) is 0.470. The maximum absolute atomic E-state index is 11.4. The van der Waals surface area contributed by atoms with Gasteiger partial charge in [0.15, 0.2) is 5.78 Å². The molecule has 4 nitrogen and oxygen atoms in total. The highest BCUT2D eigenvalue weighted by Gasteiger charge is 2.26. The predicted molar refractivity (Wildman–Crippen MR) is 75.0 cm³/mol. The molecule has 1 aromatic carbocycles. The van der Waals surface area contributed by atoms with Crippen LogP contribution < -0.4 is 4.74 Å². The van der Waals surface area contributed by atoms with Crippen molar-refractivity contribution >= 4 is 11.8 Å². The van der Waals surface area contributed by atoms with Gasteiger partial charge >= 0.3 is 5.97 Å². The Labute approximate surface area is 118 Å². The second-order valence-corrected chi connectivity index (χ2v) is 4.86. The van der Waals surface area contributed by atoms with Gasteiger partial charge in [-0.15, -0.1) is 0 Å². The average molecular weight is 274 g/mol. The fraction of sp³-hybridized carbons (Fsp3) is 0.375. The van der Waals surface area contributed by atoms with E-state index in [1.165, 1.54) is 6.92 Å². The first-order valence-corrected chi connectivity index (χ1v) is 6.65. The van der Waals surface area contributed by atoms with Crippen molar-refractivity contribution in [3.05, 3.63) is 41.5 Å². The van der Waals surface area contributed by atoms with E-state index in [1.807, 2.05) is 6.07 Å². The molecule has 0 saturated carbocycles. The van der Waals surface area contributed by atoms with Gasteiger partial charge in [0.25, 0.3) is 0 Å². The summed E-state index contributed by atoms with van der Waals surface area (Å²) in [5.74, 6) is 0.551. The molecule has 1 aromatic rings. The number of esters is 1. The van der Waals surface area contributed by atoms with Crippen LogP contribution in [-0.4, -0.2) is 24.5 Å². The van der Waals surface area contributed by atoms with Crippen LogP contribution in [0.25, 0.3) is 0 Å². The maximum atomic E-state index is 11.4. The van der Waals surface area contributed by atoms with E-state index < -0.39 is 0 Å². The number of Topliss-reactive ketones (excluding diaryl/α,β-unsaturated/α-hetero) is 1. The molecule has 1 aliphatic heterocycles. The number of benzene rings is 1. The molecule has 1 aliphatic rings. The molecule has 0 saturated heterocycles. The van der Waals surface area contributed by atoms with Crippen LogP contribution in [0.4, 0.5) is 0 Å². The minimum atomic E-state index is -0.250. The van der Waals surface area contributed by atoms with Gasteiger partial charge in [-0.05, 0) is 30.7 Å². The topological polar surface area (TPSA) is 52.6 Å². The molecule has 0 spiro atoms. The minimum Gasteiger partial charge on any atom is -0.485 e. The standard InChI is InChI=1S/C16H18O4/c1-4-16(18)19-9-10(2)15-8-13-7-12(11(3)17)5-6-14(13)20-15/h5-7,15H,2,4,8-9H2,1,3H3/t15-/m1/s1. The number of ether oxygens (including phenoxy) is 2. The Hall–Kier alpha value is -2.10. The van der Waals surface area contributed by atoms with E-state index in [1.54, 1.807) is 19.1 Å². The lowest BCUT2D eigenvalue weighted by Crippen LogP contribution is -2.20. The summed E-state index contributed by atoms with van der Waals surface area (Å²) in [5, 5.41) is 0. The predicted octanol–water partition coefficient (Wildman–Crippen LogP) is 2.70. The zero-order valence-corrected chi connectivity index (χ0v) is 11.8. The minimum absolute atomic E-state index is 0.0342. The molecule has 0 aromatic heterocycles. The Morgan fingerprint density at radius 1 is 1.45 bits per heavy atom. The van der Waals surface area contributed by atoms with Crippen molar-refractivity contribution in [1.82, 2.24) is 0 Å². The van der Waals surface area contributed by atoms with Gasteiger partial charge in [-0.2, -0.15) is 0 Å². The van der Waals surface area contributed by atoms with Gasteiger partial charge in [0.2, 0.25) is 0 Å². The number of ketones is 1. The van der Waals surface area contributed by atoms with E-state index in [0.717, 1.165) is 16.9 Å². The molecular weight excluding hydrogens is 256 g/mol. The van der Waals surface area contributed by atoms with Crippen molar-refractivity contribution in [1.29, 1.82) is 0 Å². The van der Waals surface area contributed by atoms with Gasteiger partial charge in [0, 0.05) is 24.0 Å². The molecule has 2 rings (SSSR count). The van der Waals surface area contributed by atoms with Gasteiger partial charge in [0.05, 0.1) is 0 Å². The SMILES string of the molecule is C=C(COC(=O)CC)[C@H]1Cc2cc(C(C)=O)ccc2O1. The molecule has 1 heterocycles. The van der Waals surface area contributed by atoms with Crippen molar-refractivity contribution in [3.8, 4) is 5.75 Å². The third-order valence-corrected chi connectivity index (χ3v) is 3.30. The van der Waals surface area contributed by atoms with Crippen LogP contribution in [0, 0.1) is 0 Å². The van der Waals surface area contributed by atoms with Crippen molar-refractivity contribution in [2.24, 2.45) is 0 Å². The summed E-state index contributed by atoms with van der Waals surface area (Å²) < 4.78 is 10.8. The summed E-state index contributed by atoms with van der Waals surface area (Å²) in [4.78, 5) is 22.5. The van der Waals surface area contributed by atoms with Crippen LogP contribution in [0.2, 0.25) is 0 Å². The molecule has 20 heavy (non-hydrogen) atoms. The molecule has 0 bridgehead atoms. The Bertz CT molecular complexity index is 560. The first-order valence-electron chi connectivity index (χ1n) is 6.65. The lowest BCUT2D eigenvalue weighted by molar-refractivity contribution is -0.142. The van der Waals surface area contributed by atoms with Crippen LogP contribution in [0.5, 0.6) is 5.75 Å². The Morgan fingerprint density at radius 3 is 2.85 bits per heavy atom. The molecule has 4 heteroatoms. The highest BCUT2D eigenvalue weighted by Crippen LogP contribution is 2.32. The first-order chi connectivity index (χ1) is 9.51. The second kappa shape index (κ2) is 5.90. The molecule has 0 N–H and O–H groups in total. The van der Waals surface area contributed by atoms with E-state index in [-0.39, 0.29) is 24.5 Å². The van der Waals surface area contributed by atoms with Crippen LogP contribution >= 0.6 is 0 Å². The lowest BCUT2D eigenvalue weighted by atomic mass is 10.0. The maximum Gasteiger partial charge on any atom is 0.305 e. The van der Waals surface area contributed by atoms with Gasteiger partial charge in [-0.3, -0.25) is 9.59 Å².